The van der Waals surface area contributed by atoms with Gasteiger partial charge in [0.2, 0.25) is 0 Å². The van der Waals surface area contributed by atoms with Gasteiger partial charge in [0.1, 0.15) is 11.6 Å². The number of carboxylic acids is 1. The third-order valence-electron chi connectivity index (χ3n) is 4.20. The molecule has 132 valence electrons. The maximum absolute atomic E-state index is 12.8. The van der Waals surface area contributed by atoms with Gasteiger partial charge in [-0.25, -0.2) is 4.98 Å². The largest absolute Gasteiger partial charge is 0.480 e. The van der Waals surface area contributed by atoms with Gasteiger partial charge in [0.15, 0.2) is 0 Å². The number of aromatic nitrogens is 1. The van der Waals surface area contributed by atoms with Crippen LogP contribution in [0.5, 0.6) is 0 Å². The zero-order valence-electron chi connectivity index (χ0n) is 14.0. The fourth-order valence-corrected chi connectivity index (χ4v) is 3.72. The van der Waals surface area contributed by atoms with Gasteiger partial charge in [-0.05, 0) is 31.9 Å². The molecule has 1 saturated heterocycles. The summed E-state index contributed by atoms with van der Waals surface area (Å²) in [6.07, 6.45) is 1.32. The highest BCUT2D eigenvalue weighted by Gasteiger charge is 2.28. The zero-order valence-corrected chi connectivity index (χ0v) is 14.8. The number of aryl methyl sites for hydroxylation is 1. The third kappa shape index (κ3) is 4.24. The van der Waals surface area contributed by atoms with Crippen molar-refractivity contribution in [3.05, 3.63) is 40.9 Å². The molecule has 1 N–H and O–H groups in total. The molecule has 3 rings (SSSR count). The number of ether oxygens (including phenoxy) is 1. The van der Waals surface area contributed by atoms with Crippen LogP contribution in [0.1, 0.15) is 28.9 Å². The van der Waals surface area contributed by atoms with E-state index in [4.69, 9.17) is 4.74 Å². The lowest BCUT2D eigenvalue weighted by Crippen LogP contribution is -2.46. The van der Waals surface area contributed by atoms with Gasteiger partial charge in [-0.15, -0.1) is 11.3 Å². The Morgan fingerprint density at radius 3 is 2.52 bits per heavy atom. The first kappa shape index (κ1) is 17.6. The van der Waals surface area contributed by atoms with Crippen molar-refractivity contribution in [2.24, 2.45) is 0 Å². The molecule has 0 spiro atoms. The molecule has 1 aromatic carbocycles. The van der Waals surface area contributed by atoms with Gasteiger partial charge < -0.3 is 14.7 Å². The summed E-state index contributed by atoms with van der Waals surface area (Å²) in [7, 11) is 0. The molecule has 2 heterocycles. The molecule has 1 fully saturated rings. The summed E-state index contributed by atoms with van der Waals surface area (Å²) >= 11 is 1.56. The van der Waals surface area contributed by atoms with E-state index >= 15 is 0 Å². The van der Waals surface area contributed by atoms with Gasteiger partial charge >= 0.3 is 5.97 Å². The van der Waals surface area contributed by atoms with Gasteiger partial charge in [0.25, 0.3) is 5.91 Å². The highest BCUT2D eigenvalue weighted by molar-refractivity contribution is 7.13. The Labute approximate surface area is 150 Å². The van der Waals surface area contributed by atoms with Crippen molar-refractivity contribution in [2.75, 3.05) is 19.8 Å². The molecule has 0 unspecified atom stereocenters. The molecule has 0 aliphatic carbocycles. The van der Waals surface area contributed by atoms with E-state index in [0.29, 0.717) is 31.6 Å². The van der Waals surface area contributed by atoms with Crippen LogP contribution in [0.4, 0.5) is 0 Å². The van der Waals surface area contributed by atoms with Gasteiger partial charge in [0, 0.05) is 41.5 Å². The smallest absolute Gasteiger partial charge is 0.323 e. The lowest BCUT2D eigenvalue weighted by molar-refractivity contribution is -0.138. The molecule has 0 bridgehead atoms. The normalized spacial score (nSPS) is 15.1. The molecule has 25 heavy (non-hydrogen) atoms. The fourth-order valence-electron chi connectivity index (χ4n) is 2.92. The van der Waals surface area contributed by atoms with E-state index in [0.717, 1.165) is 16.3 Å². The standard InChI is InChI=1S/C18H20N2O4S/c1-12-11-25-17(19-12)13-2-4-14(5-3-13)18(23)20(10-16(21)22)15-6-8-24-9-7-15/h2-5,11,15H,6-10H2,1H3,(H,21,22). The molecule has 1 aliphatic heterocycles. The lowest BCUT2D eigenvalue weighted by atomic mass is 10.0. The number of benzene rings is 1. The first-order valence-electron chi connectivity index (χ1n) is 8.17. The maximum Gasteiger partial charge on any atom is 0.323 e. The van der Waals surface area contributed by atoms with Crippen LogP contribution in [-0.4, -0.2) is 52.7 Å². The van der Waals surface area contributed by atoms with Crippen molar-refractivity contribution >= 4 is 23.2 Å². The number of carboxylic acid groups (broad SMARTS) is 1. The summed E-state index contributed by atoms with van der Waals surface area (Å²) in [4.78, 5) is 29.9. The molecule has 0 radical (unpaired) electrons. The minimum absolute atomic E-state index is 0.0985. The van der Waals surface area contributed by atoms with E-state index < -0.39 is 5.97 Å². The Hall–Kier alpha value is -2.25. The monoisotopic (exact) mass is 360 g/mol. The molecule has 0 saturated carbocycles. The summed E-state index contributed by atoms with van der Waals surface area (Å²) < 4.78 is 5.32. The average Bonchev–Trinajstić information content (AvgIpc) is 3.06. The highest BCUT2D eigenvalue weighted by Crippen LogP contribution is 2.24. The number of carbonyl (C=O) groups is 2. The number of hydrogen-bond donors (Lipinski definition) is 1. The summed E-state index contributed by atoms with van der Waals surface area (Å²) in [5.41, 5.74) is 2.41. The molecule has 6 nitrogen and oxygen atoms in total. The van der Waals surface area contributed by atoms with Crippen LogP contribution in [0.25, 0.3) is 10.6 Å². The summed E-state index contributed by atoms with van der Waals surface area (Å²) in [5.74, 6) is -1.26. The second kappa shape index (κ2) is 7.76. The molecule has 1 aliphatic rings. The van der Waals surface area contributed by atoms with Crippen LogP contribution in [0, 0.1) is 6.92 Å². The van der Waals surface area contributed by atoms with Crippen LogP contribution < -0.4 is 0 Å². The van der Waals surface area contributed by atoms with Crippen molar-refractivity contribution in [3.8, 4) is 10.6 Å². The number of thiazole rings is 1. The topological polar surface area (TPSA) is 79.7 Å². The van der Waals surface area contributed by atoms with Crippen LogP contribution >= 0.6 is 11.3 Å². The molecular formula is C18H20N2O4S. The van der Waals surface area contributed by atoms with Crippen molar-refractivity contribution in [2.45, 2.75) is 25.8 Å². The number of carbonyl (C=O) groups excluding carboxylic acids is 1. The van der Waals surface area contributed by atoms with Gasteiger partial charge in [-0.1, -0.05) is 12.1 Å². The van der Waals surface area contributed by atoms with Gasteiger partial charge in [-0.3, -0.25) is 9.59 Å². The van der Waals surface area contributed by atoms with E-state index in [1.165, 1.54) is 4.90 Å². The minimum Gasteiger partial charge on any atom is -0.480 e. The fraction of sp³-hybridized carbons (Fsp3) is 0.389. The maximum atomic E-state index is 12.8. The van der Waals surface area contributed by atoms with Crippen molar-refractivity contribution in [1.29, 1.82) is 0 Å². The second-order valence-corrected chi connectivity index (χ2v) is 6.90. The van der Waals surface area contributed by atoms with Crippen molar-refractivity contribution in [3.63, 3.8) is 0 Å². The minimum atomic E-state index is -1.00. The molecule has 2 aromatic rings. The first-order valence-corrected chi connectivity index (χ1v) is 9.05. The first-order chi connectivity index (χ1) is 12.0. The van der Waals surface area contributed by atoms with Crippen LogP contribution in [0.3, 0.4) is 0 Å². The summed E-state index contributed by atoms with van der Waals surface area (Å²) in [6.45, 7) is 2.75. The van der Waals surface area contributed by atoms with Crippen LogP contribution in [-0.2, 0) is 9.53 Å². The second-order valence-electron chi connectivity index (χ2n) is 6.04. The molecule has 0 atom stereocenters. The third-order valence-corrected chi connectivity index (χ3v) is 5.21. The quantitative estimate of drug-likeness (QED) is 0.887. The van der Waals surface area contributed by atoms with E-state index in [2.05, 4.69) is 4.98 Å². The number of aliphatic carboxylic acids is 1. The Bertz CT molecular complexity index is 751. The van der Waals surface area contributed by atoms with Crippen molar-refractivity contribution in [1.82, 2.24) is 9.88 Å². The summed E-state index contributed by atoms with van der Waals surface area (Å²) in [6, 6.07) is 7.09. The number of rotatable bonds is 5. The SMILES string of the molecule is Cc1csc(-c2ccc(C(=O)N(CC(=O)O)C3CCOCC3)cc2)n1. The van der Waals surface area contributed by atoms with Gasteiger partial charge in [-0.2, -0.15) is 0 Å². The Morgan fingerprint density at radius 1 is 1.28 bits per heavy atom. The number of hydrogen-bond acceptors (Lipinski definition) is 5. The summed E-state index contributed by atoms with van der Waals surface area (Å²) in [5, 5.41) is 12.1. The molecule has 7 heteroatoms. The predicted molar refractivity (Wildman–Crippen MR) is 94.8 cm³/mol. The van der Waals surface area contributed by atoms with Crippen molar-refractivity contribution < 1.29 is 19.4 Å². The van der Waals surface area contributed by atoms with E-state index in [-0.39, 0.29) is 18.5 Å². The Balaban J connectivity index is 1.79. The molecule has 1 aromatic heterocycles. The molecule has 1 amide bonds. The van der Waals surface area contributed by atoms with Crippen LogP contribution in [0.2, 0.25) is 0 Å². The predicted octanol–water partition coefficient (Wildman–Crippen LogP) is 2.82. The number of amides is 1. The van der Waals surface area contributed by atoms with E-state index in [1.807, 2.05) is 24.4 Å². The molecular weight excluding hydrogens is 340 g/mol. The highest BCUT2D eigenvalue weighted by atomic mass is 32.1. The van der Waals surface area contributed by atoms with E-state index in [9.17, 15) is 14.7 Å². The van der Waals surface area contributed by atoms with Gasteiger partial charge in [0.05, 0.1) is 0 Å². The Morgan fingerprint density at radius 2 is 1.96 bits per heavy atom. The average molecular weight is 360 g/mol. The van der Waals surface area contributed by atoms with Crippen LogP contribution in [0.15, 0.2) is 29.6 Å². The van der Waals surface area contributed by atoms with E-state index in [1.54, 1.807) is 23.5 Å². The Kier molecular flexibility index (Phi) is 5.45. The number of nitrogens with zero attached hydrogens (tertiary/aromatic N) is 2. The zero-order chi connectivity index (χ0) is 17.8. The lowest BCUT2D eigenvalue weighted by Gasteiger charge is -2.33.